The van der Waals surface area contributed by atoms with Crippen molar-refractivity contribution in [1.82, 2.24) is 0 Å². The van der Waals surface area contributed by atoms with Crippen molar-refractivity contribution in [2.45, 2.75) is 348 Å². The van der Waals surface area contributed by atoms with Crippen LogP contribution in [0.4, 0.5) is 0 Å². The highest BCUT2D eigenvalue weighted by atomic mass is 16.4. The molecule has 360 valence electrons. The summed E-state index contributed by atoms with van der Waals surface area (Å²) < 4.78 is 0. The lowest BCUT2D eigenvalue weighted by Crippen LogP contribution is -1.93. The molecule has 60 heavy (non-hydrogen) atoms. The van der Waals surface area contributed by atoms with E-state index in [1.165, 1.54) is 295 Å². The van der Waals surface area contributed by atoms with Crippen molar-refractivity contribution in [2.24, 2.45) is 0 Å². The number of carboxylic acids is 2. The Morgan fingerprint density at radius 3 is 0.400 bits per heavy atom. The molecule has 0 aliphatic rings. The Kier molecular flexibility index (Phi) is 58.9. The number of rotatable bonds is 52. The van der Waals surface area contributed by atoms with Gasteiger partial charge in [0, 0.05) is 12.8 Å². The van der Waals surface area contributed by atoms with Crippen molar-refractivity contribution in [2.75, 3.05) is 0 Å². The van der Waals surface area contributed by atoms with E-state index in [0.29, 0.717) is 12.8 Å². The lowest BCUT2D eigenvalue weighted by molar-refractivity contribution is -0.138. The molecule has 0 bridgehead atoms. The molecule has 0 saturated carbocycles. The molecular weight excluding hydrogens is 737 g/mol. The third-order valence-electron chi connectivity index (χ3n) is 13.0. The monoisotopic (exact) mass is 849 g/mol. The summed E-state index contributed by atoms with van der Waals surface area (Å²) in [7, 11) is 0. The minimum absolute atomic E-state index is 0.346. The fourth-order valence-electron chi connectivity index (χ4n) is 8.83. The summed E-state index contributed by atoms with van der Waals surface area (Å²) in [6, 6.07) is 0. The third kappa shape index (κ3) is 63.6. The normalized spacial score (nSPS) is 11.2. The lowest BCUT2D eigenvalue weighted by Gasteiger charge is -2.04. The van der Waals surface area contributed by atoms with Crippen molar-refractivity contribution >= 4 is 11.9 Å². The summed E-state index contributed by atoms with van der Waals surface area (Å²) in [5, 5.41) is 17.2. The number of hydrogen-bond donors (Lipinski definition) is 2. The highest BCUT2D eigenvalue weighted by molar-refractivity contribution is 5.66. The average molecular weight is 850 g/mol. The molecule has 4 nitrogen and oxygen atoms in total. The van der Waals surface area contributed by atoms with E-state index in [9.17, 15) is 9.59 Å². The SMILES string of the molecule is CCCCCCCCCCCCCCCCCCCCCCCCCC(=O)O.CCCCCCCCCCCCCCCCCCCCCCCCCCCCCC(=O)O. The molecule has 0 aliphatic heterocycles. The van der Waals surface area contributed by atoms with Crippen LogP contribution in [0.5, 0.6) is 0 Å². The van der Waals surface area contributed by atoms with Gasteiger partial charge in [0.05, 0.1) is 0 Å². The fourth-order valence-corrected chi connectivity index (χ4v) is 8.83. The maximum atomic E-state index is 10.4. The molecule has 0 rings (SSSR count). The summed E-state index contributed by atoms with van der Waals surface area (Å²) in [6.45, 7) is 4.59. The van der Waals surface area contributed by atoms with E-state index < -0.39 is 11.9 Å². The van der Waals surface area contributed by atoms with Crippen LogP contribution < -0.4 is 0 Å². The zero-order valence-corrected chi connectivity index (χ0v) is 41.5. The van der Waals surface area contributed by atoms with Gasteiger partial charge >= 0.3 is 11.9 Å². The molecule has 2 N–H and O–H groups in total. The summed E-state index contributed by atoms with van der Waals surface area (Å²) in [4.78, 5) is 20.9. The van der Waals surface area contributed by atoms with Gasteiger partial charge in [0.25, 0.3) is 0 Å². The minimum atomic E-state index is -0.650. The van der Waals surface area contributed by atoms with Gasteiger partial charge in [0.15, 0.2) is 0 Å². The molecule has 0 unspecified atom stereocenters. The first-order valence-electron chi connectivity index (χ1n) is 28.0. The van der Waals surface area contributed by atoms with Crippen LogP contribution in [0.25, 0.3) is 0 Å². The molecule has 0 atom stereocenters. The first-order chi connectivity index (χ1) is 29.5. The maximum Gasteiger partial charge on any atom is 0.303 e. The summed E-state index contributed by atoms with van der Waals surface area (Å²) in [6.07, 6.45) is 70.0. The molecule has 0 spiro atoms. The highest BCUT2D eigenvalue weighted by Crippen LogP contribution is 2.18. The number of carbonyl (C=O) groups is 2. The molecule has 0 aromatic carbocycles. The predicted octanol–water partition coefficient (Wildman–Crippen LogP) is 20.5. The topological polar surface area (TPSA) is 74.6 Å². The van der Waals surface area contributed by atoms with Gasteiger partial charge in [0.2, 0.25) is 0 Å². The minimum Gasteiger partial charge on any atom is -0.481 e. The molecule has 0 radical (unpaired) electrons. The van der Waals surface area contributed by atoms with Crippen molar-refractivity contribution in [3.8, 4) is 0 Å². The largest absolute Gasteiger partial charge is 0.481 e. The van der Waals surface area contributed by atoms with Crippen LogP contribution in [0, 0.1) is 0 Å². The van der Waals surface area contributed by atoms with E-state index in [4.69, 9.17) is 10.2 Å². The molecular formula is C56H112O4. The highest BCUT2D eigenvalue weighted by Gasteiger charge is 2.00. The van der Waals surface area contributed by atoms with Crippen molar-refractivity contribution < 1.29 is 19.8 Å². The summed E-state index contributed by atoms with van der Waals surface area (Å²) in [5.41, 5.74) is 0. The number of carboxylic acid groups (broad SMARTS) is 2. The van der Waals surface area contributed by atoms with Gasteiger partial charge in [0.1, 0.15) is 0 Å². The van der Waals surface area contributed by atoms with Crippen LogP contribution in [-0.4, -0.2) is 22.2 Å². The van der Waals surface area contributed by atoms with Gasteiger partial charge in [-0.25, -0.2) is 0 Å². The average Bonchev–Trinajstić information content (AvgIpc) is 3.23. The van der Waals surface area contributed by atoms with Crippen LogP contribution in [0.2, 0.25) is 0 Å². The zero-order chi connectivity index (χ0) is 43.9. The van der Waals surface area contributed by atoms with Gasteiger partial charge < -0.3 is 10.2 Å². The molecule has 0 saturated heterocycles. The first-order valence-corrected chi connectivity index (χ1v) is 28.0. The predicted molar refractivity (Wildman–Crippen MR) is 267 cm³/mol. The van der Waals surface area contributed by atoms with Gasteiger partial charge in [-0.3, -0.25) is 9.59 Å². The van der Waals surface area contributed by atoms with Crippen molar-refractivity contribution in [3.05, 3.63) is 0 Å². The Bertz CT molecular complexity index is 781. The van der Waals surface area contributed by atoms with Crippen molar-refractivity contribution in [3.63, 3.8) is 0 Å². The number of hydrogen-bond acceptors (Lipinski definition) is 2. The second-order valence-corrected chi connectivity index (χ2v) is 19.3. The summed E-state index contributed by atoms with van der Waals surface area (Å²) >= 11 is 0. The molecule has 0 aromatic rings. The maximum absolute atomic E-state index is 10.4. The van der Waals surface area contributed by atoms with E-state index in [1.807, 2.05) is 0 Å². The quantitative estimate of drug-likeness (QED) is 0.0598. The molecule has 0 aliphatic carbocycles. The standard InChI is InChI=1S/C30H60O2.C26H52O2/c1-2-3-4-5-6-7-8-9-10-11-12-13-14-15-16-17-18-19-20-21-22-23-24-25-26-27-28-29-30(31)32;1-2-3-4-5-6-7-8-9-10-11-12-13-14-15-16-17-18-19-20-21-22-23-24-25-26(27)28/h2-29H2,1H3,(H,31,32);2-25H2,1H3,(H,27,28). The van der Waals surface area contributed by atoms with Gasteiger partial charge in [-0.2, -0.15) is 0 Å². The second kappa shape index (κ2) is 57.9. The van der Waals surface area contributed by atoms with Gasteiger partial charge in [-0.05, 0) is 12.8 Å². The Morgan fingerprint density at radius 2 is 0.300 bits per heavy atom. The van der Waals surface area contributed by atoms with Gasteiger partial charge in [-0.15, -0.1) is 0 Å². The second-order valence-electron chi connectivity index (χ2n) is 19.3. The number of aliphatic carboxylic acids is 2. The van der Waals surface area contributed by atoms with E-state index in [2.05, 4.69) is 13.8 Å². The zero-order valence-electron chi connectivity index (χ0n) is 41.5. The van der Waals surface area contributed by atoms with E-state index in [-0.39, 0.29) is 0 Å². The lowest BCUT2D eigenvalue weighted by atomic mass is 10.0. The molecule has 0 aromatic heterocycles. The van der Waals surface area contributed by atoms with Crippen LogP contribution in [-0.2, 0) is 9.59 Å². The Hall–Kier alpha value is -1.06. The summed E-state index contributed by atoms with van der Waals surface area (Å²) in [5.74, 6) is -1.30. The third-order valence-corrected chi connectivity index (χ3v) is 13.0. The van der Waals surface area contributed by atoms with Crippen LogP contribution in [0.1, 0.15) is 348 Å². The Morgan fingerprint density at radius 1 is 0.200 bits per heavy atom. The molecule has 0 heterocycles. The Labute approximate surface area is 378 Å². The fraction of sp³-hybridized carbons (Fsp3) is 0.964. The van der Waals surface area contributed by atoms with Crippen LogP contribution in [0.3, 0.4) is 0 Å². The molecule has 0 amide bonds. The molecule has 4 heteroatoms. The molecule has 0 fully saturated rings. The van der Waals surface area contributed by atoms with E-state index in [1.54, 1.807) is 0 Å². The van der Waals surface area contributed by atoms with Crippen molar-refractivity contribution in [1.29, 1.82) is 0 Å². The Balaban J connectivity index is 0. The number of unbranched alkanes of at least 4 members (excludes halogenated alkanes) is 48. The van der Waals surface area contributed by atoms with E-state index in [0.717, 1.165) is 25.7 Å². The first kappa shape index (κ1) is 61.0. The van der Waals surface area contributed by atoms with Crippen LogP contribution >= 0.6 is 0 Å². The van der Waals surface area contributed by atoms with Crippen LogP contribution in [0.15, 0.2) is 0 Å². The smallest absolute Gasteiger partial charge is 0.303 e. The van der Waals surface area contributed by atoms with Gasteiger partial charge in [-0.1, -0.05) is 322 Å². The van der Waals surface area contributed by atoms with E-state index >= 15 is 0 Å².